The number of aromatic amines is 1. The minimum absolute atomic E-state index is 0.0117. The molecule has 0 bridgehead atoms. The van der Waals surface area contributed by atoms with Crippen LogP contribution in [0.2, 0.25) is 5.15 Å². The SMILES string of the molecule is COc1cc(F)c(-n2c(=O)[nH]c3csc(C(=O)O)c3c2=O)cc1OCc1cccc2ccnc(Cl)c12. The fraction of sp³-hybridized carbons (Fsp3) is 0.0833. The minimum atomic E-state index is -1.34. The van der Waals surface area contributed by atoms with Crippen molar-refractivity contribution in [3.63, 3.8) is 0 Å². The van der Waals surface area contributed by atoms with Crippen LogP contribution < -0.4 is 20.7 Å². The van der Waals surface area contributed by atoms with Gasteiger partial charge in [-0.2, -0.15) is 0 Å². The van der Waals surface area contributed by atoms with E-state index in [1.165, 1.54) is 12.5 Å². The number of rotatable bonds is 6. The van der Waals surface area contributed by atoms with E-state index in [0.29, 0.717) is 15.5 Å². The summed E-state index contributed by atoms with van der Waals surface area (Å²) in [5, 5.41) is 12.3. The first kappa shape index (κ1) is 23.5. The Labute approximate surface area is 209 Å². The van der Waals surface area contributed by atoms with Gasteiger partial charge in [-0.3, -0.25) is 4.79 Å². The summed E-state index contributed by atoms with van der Waals surface area (Å²) in [6.45, 7) is -0.0117. The summed E-state index contributed by atoms with van der Waals surface area (Å²) in [5.41, 5.74) is -1.60. The molecule has 2 aromatic carbocycles. The van der Waals surface area contributed by atoms with Crippen LogP contribution in [-0.4, -0.2) is 32.7 Å². The molecule has 0 amide bonds. The molecule has 0 radical (unpaired) electrons. The second-order valence-electron chi connectivity index (χ2n) is 7.59. The number of fused-ring (bicyclic) bond motifs is 2. The highest BCUT2D eigenvalue weighted by atomic mass is 35.5. The first-order valence-electron chi connectivity index (χ1n) is 10.3. The monoisotopic (exact) mass is 527 g/mol. The zero-order valence-corrected chi connectivity index (χ0v) is 19.9. The molecule has 0 spiro atoms. The van der Waals surface area contributed by atoms with Gasteiger partial charge in [-0.05, 0) is 11.5 Å². The largest absolute Gasteiger partial charge is 0.493 e. The normalized spacial score (nSPS) is 11.2. The van der Waals surface area contributed by atoms with E-state index in [4.69, 9.17) is 21.1 Å². The summed E-state index contributed by atoms with van der Waals surface area (Å²) < 4.78 is 26.8. The number of nitrogens with zero attached hydrogens (tertiary/aromatic N) is 2. The Morgan fingerprint density at radius 2 is 2.03 bits per heavy atom. The van der Waals surface area contributed by atoms with Crippen molar-refractivity contribution in [1.29, 1.82) is 0 Å². The third kappa shape index (κ3) is 3.88. The summed E-state index contributed by atoms with van der Waals surface area (Å²) in [7, 11) is 1.32. The maximum absolute atomic E-state index is 15.1. The van der Waals surface area contributed by atoms with Crippen LogP contribution in [0.1, 0.15) is 15.2 Å². The Hall–Kier alpha value is -4.22. The summed E-state index contributed by atoms with van der Waals surface area (Å²) >= 11 is 7.06. The average molecular weight is 528 g/mol. The van der Waals surface area contributed by atoms with Crippen molar-refractivity contribution in [2.45, 2.75) is 6.61 Å². The molecule has 0 saturated heterocycles. The summed E-state index contributed by atoms with van der Waals surface area (Å²) in [5.74, 6) is -2.22. The zero-order valence-electron chi connectivity index (χ0n) is 18.4. The van der Waals surface area contributed by atoms with Gasteiger partial charge in [-0.1, -0.05) is 29.8 Å². The number of aromatic carboxylic acids is 1. The number of ether oxygens (including phenoxy) is 2. The molecule has 9 nitrogen and oxygen atoms in total. The summed E-state index contributed by atoms with van der Waals surface area (Å²) in [6.07, 6.45) is 1.58. The molecular formula is C24H15ClFN3O6S. The van der Waals surface area contributed by atoms with Gasteiger partial charge in [-0.15, -0.1) is 11.3 Å². The second kappa shape index (κ2) is 9.10. The first-order valence-corrected chi connectivity index (χ1v) is 11.6. The minimum Gasteiger partial charge on any atom is -0.493 e. The van der Waals surface area contributed by atoms with E-state index in [0.717, 1.165) is 28.9 Å². The van der Waals surface area contributed by atoms with Crippen molar-refractivity contribution >= 4 is 50.6 Å². The van der Waals surface area contributed by atoms with E-state index in [1.54, 1.807) is 18.3 Å². The number of carboxylic acids is 1. The van der Waals surface area contributed by atoms with Crippen LogP contribution in [0.25, 0.3) is 27.4 Å². The molecule has 0 aliphatic rings. The fourth-order valence-corrected chi connectivity index (χ4v) is 5.03. The van der Waals surface area contributed by atoms with Crippen molar-refractivity contribution < 1.29 is 23.8 Å². The van der Waals surface area contributed by atoms with Crippen molar-refractivity contribution in [2.24, 2.45) is 0 Å². The van der Waals surface area contributed by atoms with Crippen LogP contribution >= 0.6 is 22.9 Å². The van der Waals surface area contributed by atoms with E-state index in [2.05, 4.69) is 9.97 Å². The van der Waals surface area contributed by atoms with Crippen LogP contribution in [-0.2, 0) is 6.61 Å². The zero-order chi connectivity index (χ0) is 25.6. The van der Waals surface area contributed by atoms with E-state index >= 15 is 4.39 Å². The number of carbonyl (C=O) groups is 1. The van der Waals surface area contributed by atoms with Gasteiger partial charge in [0.2, 0.25) is 0 Å². The van der Waals surface area contributed by atoms with E-state index < -0.39 is 28.7 Å². The highest BCUT2D eigenvalue weighted by molar-refractivity contribution is 7.13. The molecule has 2 N–H and O–H groups in total. The molecule has 36 heavy (non-hydrogen) atoms. The number of benzene rings is 2. The lowest BCUT2D eigenvalue weighted by Crippen LogP contribution is -2.34. The highest BCUT2D eigenvalue weighted by Gasteiger charge is 2.22. The smallest absolute Gasteiger partial charge is 0.346 e. The van der Waals surface area contributed by atoms with Crippen LogP contribution in [0.4, 0.5) is 4.39 Å². The molecule has 0 atom stereocenters. The number of nitrogens with one attached hydrogen (secondary N) is 1. The fourth-order valence-electron chi connectivity index (χ4n) is 3.92. The van der Waals surface area contributed by atoms with E-state index in [1.807, 2.05) is 12.1 Å². The van der Waals surface area contributed by atoms with Gasteiger partial charge in [0.05, 0.1) is 23.7 Å². The van der Waals surface area contributed by atoms with E-state index in [9.17, 15) is 19.5 Å². The molecule has 0 unspecified atom stereocenters. The van der Waals surface area contributed by atoms with Gasteiger partial charge in [0.15, 0.2) is 17.3 Å². The molecule has 5 aromatic rings. The van der Waals surface area contributed by atoms with Crippen LogP contribution in [0.15, 0.2) is 57.6 Å². The van der Waals surface area contributed by atoms with Gasteiger partial charge in [0, 0.05) is 34.7 Å². The van der Waals surface area contributed by atoms with Gasteiger partial charge < -0.3 is 19.6 Å². The number of aromatic nitrogens is 3. The molecular weight excluding hydrogens is 513 g/mol. The second-order valence-corrected chi connectivity index (χ2v) is 8.83. The topological polar surface area (TPSA) is 124 Å². The predicted octanol–water partition coefficient (Wildman–Crippen LogP) is 4.37. The Bertz CT molecular complexity index is 1790. The number of hydrogen-bond acceptors (Lipinski definition) is 7. The van der Waals surface area contributed by atoms with Crippen LogP contribution in [0.5, 0.6) is 11.5 Å². The molecule has 5 rings (SSSR count). The molecule has 0 fully saturated rings. The molecule has 12 heteroatoms. The molecule has 3 aromatic heterocycles. The van der Waals surface area contributed by atoms with E-state index in [-0.39, 0.29) is 39.0 Å². The van der Waals surface area contributed by atoms with Gasteiger partial charge in [0.25, 0.3) is 5.56 Å². The summed E-state index contributed by atoms with van der Waals surface area (Å²) in [4.78, 5) is 43.7. The Morgan fingerprint density at radius 1 is 1.22 bits per heavy atom. The maximum atomic E-state index is 15.1. The Kier molecular flexibility index (Phi) is 5.94. The Morgan fingerprint density at radius 3 is 2.78 bits per heavy atom. The number of carboxylic acid groups (broad SMARTS) is 1. The lowest BCUT2D eigenvalue weighted by molar-refractivity contribution is 0.0704. The molecule has 182 valence electrons. The quantitative estimate of drug-likeness (QED) is 0.314. The van der Waals surface area contributed by atoms with Crippen molar-refractivity contribution in [1.82, 2.24) is 14.5 Å². The summed E-state index contributed by atoms with van der Waals surface area (Å²) in [6, 6.07) is 9.40. The number of methoxy groups -OCH3 is 1. The molecule has 3 heterocycles. The molecule has 0 aliphatic heterocycles. The van der Waals surface area contributed by atoms with Crippen molar-refractivity contribution in [2.75, 3.05) is 7.11 Å². The van der Waals surface area contributed by atoms with Crippen LogP contribution in [0, 0.1) is 5.82 Å². The Balaban J connectivity index is 1.63. The van der Waals surface area contributed by atoms with Crippen molar-refractivity contribution in [3.05, 3.63) is 90.2 Å². The first-order chi connectivity index (χ1) is 17.3. The standard InChI is InChI=1S/C24H15ClFN3O6S/c1-34-16-7-13(26)15(29-22(30)19-14(28-24(29)33)10-36-20(19)23(31)32)8-17(16)35-9-12-4-2-3-11-5-6-27-21(25)18(11)12/h2-8,10H,9H2,1H3,(H,28,33)(H,31,32). The third-order valence-electron chi connectivity index (χ3n) is 5.54. The number of pyridine rings is 1. The van der Waals surface area contributed by atoms with Gasteiger partial charge >= 0.3 is 11.7 Å². The number of halogens is 2. The number of H-pyrrole nitrogens is 1. The lowest BCUT2D eigenvalue weighted by Gasteiger charge is -2.15. The average Bonchev–Trinajstić information content (AvgIpc) is 3.28. The lowest BCUT2D eigenvalue weighted by atomic mass is 10.1. The number of hydrogen-bond donors (Lipinski definition) is 2. The number of thiophene rings is 1. The van der Waals surface area contributed by atoms with Gasteiger partial charge in [-0.25, -0.2) is 23.5 Å². The highest BCUT2D eigenvalue weighted by Crippen LogP contribution is 2.33. The third-order valence-corrected chi connectivity index (χ3v) is 6.79. The van der Waals surface area contributed by atoms with Crippen LogP contribution in [0.3, 0.4) is 0 Å². The molecule has 0 saturated carbocycles. The maximum Gasteiger partial charge on any atom is 0.346 e. The molecule has 0 aliphatic carbocycles. The van der Waals surface area contributed by atoms with Crippen molar-refractivity contribution in [3.8, 4) is 17.2 Å². The van der Waals surface area contributed by atoms with Gasteiger partial charge in [0.1, 0.15) is 16.6 Å². The predicted molar refractivity (Wildman–Crippen MR) is 133 cm³/mol.